The molecule has 1 atom stereocenters. The zero-order valence-electron chi connectivity index (χ0n) is 10.9. The second-order valence-electron chi connectivity index (χ2n) is 4.78. The van der Waals surface area contributed by atoms with Crippen molar-refractivity contribution in [2.24, 2.45) is 0 Å². The van der Waals surface area contributed by atoms with Gasteiger partial charge in [0.05, 0.1) is 23.1 Å². The van der Waals surface area contributed by atoms with Gasteiger partial charge in [-0.2, -0.15) is 0 Å². The molecule has 0 aromatic heterocycles. The highest BCUT2D eigenvalue weighted by atomic mass is 32.2. The number of esters is 1. The average molecular weight is 293 g/mol. The van der Waals surface area contributed by atoms with Crippen molar-refractivity contribution in [2.45, 2.75) is 23.8 Å². The van der Waals surface area contributed by atoms with Crippen LogP contribution in [0.25, 0.3) is 0 Å². The summed E-state index contributed by atoms with van der Waals surface area (Å²) in [6, 6.07) is 5.22. The molecule has 1 saturated heterocycles. The quantitative estimate of drug-likeness (QED) is 0.864. The summed E-state index contributed by atoms with van der Waals surface area (Å²) in [5.41, 5.74) is 1.13. The predicted molar refractivity (Wildman–Crippen MR) is 75.1 cm³/mol. The van der Waals surface area contributed by atoms with E-state index in [1.54, 1.807) is 12.1 Å². The van der Waals surface area contributed by atoms with Crippen LogP contribution in [-0.4, -0.2) is 36.9 Å². The first-order valence-corrected chi connectivity index (χ1v) is 7.56. The molecule has 1 fully saturated rings. The summed E-state index contributed by atoms with van der Waals surface area (Å²) >= 11 is 1.47. The van der Waals surface area contributed by atoms with Crippen LogP contribution in [0.15, 0.2) is 23.1 Å². The fourth-order valence-electron chi connectivity index (χ4n) is 2.24. The number of benzene rings is 1. The van der Waals surface area contributed by atoms with Crippen LogP contribution in [0.4, 0.5) is 5.69 Å². The van der Waals surface area contributed by atoms with E-state index < -0.39 is 0 Å². The number of anilines is 1. The van der Waals surface area contributed by atoms with E-state index in [2.05, 4.69) is 5.32 Å². The number of hydrogen-bond donors (Lipinski definition) is 1. The summed E-state index contributed by atoms with van der Waals surface area (Å²) in [5.74, 6) is -0.0176. The fraction of sp³-hybridized carbons (Fsp3) is 0.429. The van der Waals surface area contributed by atoms with Crippen molar-refractivity contribution in [1.29, 1.82) is 0 Å². The second kappa shape index (κ2) is 5.85. The van der Waals surface area contributed by atoms with Crippen LogP contribution < -0.4 is 5.32 Å². The largest absolute Gasteiger partial charge is 0.459 e. The van der Waals surface area contributed by atoms with Gasteiger partial charge < -0.3 is 14.8 Å². The summed E-state index contributed by atoms with van der Waals surface area (Å²) in [7, 11) is 0. The molecule has 6 heteroatoms. The molecule has 5 nitrogen and oxygen atoms in total. The van der Waals surface area contributed by atoms with Crippen LogP contribution in [0.3, 0.4) is 0 Å². The lowest BCUT2D eigenvalue weighted by Crippen LogP contribution is -2.20. The number of nitrogens with one attached hydrogen (secondary N) is 1. The molecule has 1 N–H and O–H groups in total. The minimum atomic E-state index is -0.381. The number of carbonyl (C=O) groups is 2. The van der Waals surface area contributed by atoms with Gasteiger partial charge in [0.2, 0.25) is 5.91 Å². The van der Waals surface area contributed by atoms with E-state index in [1.165, 1.54) is 11.8 Å². The lowest BCUT2D eigenvalue weighted by Gasteiger charge is -2.17. The highest BCUT2D eigenvalue weighted by Crippen LogP contribution is 2.32. The van der Waals surface area contributed by atoms with Crippen LogP contribution in [0.5, 0.6) is 0 Å². The molecule has 0 spiro atoms. The van der Waals surface area contributed by atoms with Crippen LogP contribution in [0.2, 0.25) is 0 Å². The summed E-state index contributed by atoms with van der Waals surface area (Å²) in [6.45, 7) is 1.03. The van der Waals surface area contributed by atoms with Gasteiger partial charge in [0, 0.05) is 11.5 Å². The zero-order valence-corrected chi connectivity index (χ0v) is 11.7. The molecule has 0 saturated carbocycles. The van der Waals surface area contributed by atoms with Crippen molar-refractivity contribution in [3.05, 3.63) is 23.8 Å². The zero-order chi connectivity index (χ0) is 13.9. The molecule has 2 aliphatic rings. The smallest absolute Gasteiger partial charge is 0.338 e. The Morgan fingerprint density at radius 2 is 2.40 bits per heavy atom. The van der Waals surface area contributed by atoms with Crippen LogP contribution in [0, 0.1) is 0 Å². The molecule has 106 valence electrons. The topological polar surface area (TPSA) is 64.6 Å². The van der Waals surface area contributed by atoms with Gasteiger partial charge in [-0.05, 0) is 31.0 Å². The standard InChI is InChI=1S/C14H15NO4S/c16-13-8-20-12-4-3-9(6-11(12)15-13)14(17)19-7-10-2-1-5-18-10/h3-4,6,10H,1-2,5,7-8H2,(H,15,16)/t10-/m1/s1. The third-order valence-electron chi connectivity index (χ3n) is 3.27. The number of rotatable bonds is 3. The Labute approximate surface area is 121 Å². The monoisotopic (exact) mass is 293 g/mol. The number of hydrogen-bond acceptors (Lipinski definition) is 5. The van der Waals surface area contributed by atoms with Crippen molar-refractivity contribution < 1.29 is 19.1 Å². The van der Waals surface area contributed by atoms with Gasteiger partial charge in [-0.15, -0.1) is 11.8 Å². The van der Waals surface area contributed by atoms with Crippen molar-refractivity contribution in [2.75, 3.05) is 24.3 Å². The summed E-state index contributed by atoms with van der Waals surface area (Å²) < 4.78 is 10.7. The Hall–Kier alpha value is -1.53. The minimum Gasteiger partial charge on any atom is -0.459 e. The fourth-order valence-corrected chi connectivity index (χ4v) is 3.03. The van der Waals surface area contributed by atoms with Crippen LogP contribution >= 0.6 is 11.8 Å². The summed E-state index contributed by atoms with van der Waals surface area (Å²) in [6.07, 6.45) is 1.97. The first kappa shape index (κ1) is 13.5. The number of amides is 1. The van der Waals surface area contributed by atoms with Gasteiger partial charge in [-0.1, -0.05) is 0 Å². The summed E-state index contributed by atoms with van der Waals surface area (Å²) in [5, 5.41) is 2.76. The Morgan fingerprint density at radius 1 is 1.50 bits per heavy atom. The maximum atomic E-state index is 12.0. The van der Waals surface area contributed by atoms with Gasteiger partial charge in [0.15, 0.2) is 0 Å². The molecule has 0 aliphatic carbocycles. The Bertz CT molecular complexity index is 540. The van der Waals surface area contributed by atoms with E-state index >= 15 is 0 Å². The lowest BCUT2D eigenvalue weighted by molar-refractivity contribution is -0.113. The van der Waals surface area contributed by atoms with Crippen LogP contribution in [0.1, 0.15) is 23.2 Å². The van der Waals surface area contributed by atoms with Crippen molar-refractivity contribution in [3.63, 3.8) is 0 Å². The predicted octanol–water partition coefficient (Wildman–Crippen LogP) is 2.07. The maximum Gasteiger partial charge on any atom is 0.338 e. The highest BCUT2D eigenvalue weighted by Gasteiger charge is 2.20. The van der Waals surface area contributed by atoms with E-state index in [4.69, 9.17) is 9.47 Å². The molecule has 0 unspecified atom stereocenters. The molecule has 1 aromatic carbocycles. The van der Waals surface area contributed by atoms with E-state index in [1.807, 2.05) is 6.07 Å². The molecule has 0 radical (unpaired) electrons. The van der Waals surface area contributed by atoms with E-state index in [9.17, 15) is 9.59 Å². The normalized spacial score (nSPS) is 21.2. The first-order valence-electron chi connectivity index (χ1n) is 6.58. The third-order valence-corrected chi connectivity index (χ3v) is 4.35. The lowest BCUT2D eigenvalue weighted by atomic mass is 10.2. The number of carbonyl (C=O) groups excluding carboxylic acids is 2. The third kappa shape index (κ3) is 2.96. The average Bonchev–Trinajstić information content (AvgIpc) is 2.97. The van der Waals surface area contributed by atoms with Crippen molar-refractivity contribution in [3.8, 4) is 0 Å². The SMILES string of the molecule is O=C1CSc2ccc(C(=O)OC[C@H]3CCCO3)cc2N1. The molecule has 3 rings (SSSR count). The van der Waals surface area contributed by atoms with Gasteiger partial charge in [0.25, 0.3) is 0 Å². The molecule has 1 amide bonds. The minimum absolute atomic E-state index is 0.0202. The van der Waals surface area contributed by atoms with Gasteiger partial charge in [-0.25, -0.2) is 4.79 Å². The molecule has 2 aliphatic heterocycles. The molecule has 0 bridgehead atoms. The Balaban J connectivity index is 1.65. The Kier molecular flexibility index (Phi) is 3.93. The molecular formula is C14H15NO4S. The number of thioether (sulfide) groups is 1. The molecule has 2 heterocycles. The van der Waals surface area contributed by atoms with Crippen molar-refractivity contribution >= 4 is 29.3 Å². The number of ether oxygens (including phenoxy) is 2. The number of fused-ring (bicyclic) bond motifs is 1. The van der Waals surface area contributed by atoms with Gasteiger partial charge >= 0.3 is 5.97 Å². The van der Waals surface area contributed by atoms with Crippen LogP contribution in [-0.2, 0) is 14.3 Å². The second-order valence-corrected chi connectivity index (χ2v) is 5.80. The van der Waals surface area contributed by atoms with E-state index in [-0.39, 0.29) is 24.6 Å². The highest BCUT2D eigenvalue weighted by molar-refractivity contribution is 8.00. The molecule has 20 heavy (non-hydrogen) atoms. The van der Waals surface area contributed by atoms with Gasteiger partial charge in [-0.3, -0.25) is 4.79 Å². The van der Waals surface area contributed by atoms with E-state index in [0.717, 1.165) is 24.3 Å². The maximum absolute atomic E-state index is 12.0. The Morgan fingerprint density at radius 3 is 3.20 bits per heavy atom. The van der Waals surface area contributed by atoms with Crippen molar-refractivity contribution in [1.82, 2.24) is 0 Å². The molecular weight excluding hydrogens is 278 g/mol. The van der Waals surface area contributed by atoms with Gasteiger partial charge in [0.1, 0.15) is 6.61 Å². The first-order chi connectivity index (χ1) is 9.72. The molecule has 1 aromatic rings. The summed E-state index contributed by atoms with van der Waals surface area (Å²) in [4.78, 5) is 24.3. The van der Waals surface area contributed by atoms with E-state index in [0.29, 0.717) is 17.0 Å².